The molecule has 0 aliphatic carbocycles. The Bertz CT molecular complexity index is 1660. The van der Waals surface area contributed by atoms with Crippen molar-refractivity contribution in [2.75, 3.05) is 20.3 Å². The second kappa shape index (κ2) is 25.9. The van der Waals surface area contributed by atoms with E-state index in [-0.39, 0.29) is 32.7 Å². The van der Waals surface area contributed by atoms with E-state index in [0.717, 1.165) is 28.5 Å². The maximum atomic E-state index is 14.6. The van der Waals surface area contributed by atoms with E-state index in [4.69, 9.17) is 65.4 Å². The number of alkyl halides is 4. The molecule has 0 unspecified atom stereocenters. The van der Waals surface area contributed by atoms with Crippen LogP contribution in [0.15, 0.2) is 102 Å². The fourth-order valence-corrected chi connectivity index (χ4v) is 6.31. The van der Waals surface area contributed by atoms with Crippen LogP contribution in [-0.4, -0.2) is 67.0 Å². The number of nitrogens with zero attached hydrogens (tertiary/aromatic N) is 1. The third-order valence-electron chi connectivity index (χ3n) is 7.41. The molecule has 0 aliphatic heterocycles. The summed E-state index contributed by atoms with van der Waals surface area (Å²) in [5, 5.41) is 6.05. The molecule has 0 amide bonds. The Hall–Kier alpha value is -2.16. The molecule has 292 valence electrons. The summed E-state index contributed by atoms with van der Waals surface area (Å²) in [6, 6.07) is 28.8. The number of aldehydes is 1. The van der Waals surface area contributed by atoms with Crippen molar-refractivity contribution in [3.8, 4) is 0 Å². The zero-order valence-electron chi connectivity index (χ0n) is 29.0. The van der Waals surface area contributed by atoms with E-state index in [1.807, 2.05) is 36.4 Å². The first-order valence-corrected chi connectivity index (χ1v) is 19.8. The number of carbonyl (C=O) groups is 1. The van der Waals surface area contributed by atoms with Gasteiger partial charge in [-0.15, -0.1) is 0 Å². The summed E-state index contributed by atoms with van der Waals surface area (Å²) in [5.41, 5.74) is 3.63. The Morgan fingerprint density at radius 3 is 1.20 bits per heavy atom. The molecule has 0 spiro atoms. The molecule has 54 heavy (non-hydrogen) atoms. The van der Waals surface area contributed by atoms with Gasteiger partial charge in [-0.25, -0.2) is 8.78 Å². The molecule has 0 radical (unpaired) electrons. The van der Waals surface area contributed by atoms with Gasteiger partial charge in [0.15, 0.2) is 18.6 Å². The summed E-state index contributed by atoms with van der Waals surface area (Å²) in [6.07, 6.45) is -3.71. The maximum absolute atomic E-state index is 14.6. The molecule has 4 rings (SSSR count). The van der Waals surface area contributed by atoms with Crippen molar-refractivity contribution in [3.63, 3.8) is 0 Å². The lowest BCUT2D eigenvalue weighted by Crippen LogP contribution is -2.37. The lowest BCUT2D eigenvalue weighted by atomic mass is 10.1. The molecular weight excluding hydrogens is 918 g/mol. The summed E-state index contributed by atoms with van der Waals surface area (Å²) >= 11 is 30.3. The zero-order chi connectivity index (χ0) is 39.3. The summed E-state index contributed by atoms with van der Waals surface area (Å²) < 4.78 is 51.3. The van der Waals surface area contributed by atoms with Gasteiger partial charge in [-0.3, -0.25) is 0 Å². The third-order valence-corrected chi connectivity index (χ3v) is 9.99. The number of oxime groups is 1. The molecule has 4 aromatic carbocycles. The zero-order valence-corrected chi connectivity index (χ0v) is 35.2. The van der Waals surface area contributed by atoms with Crippen molar-refractivity contribution >= 4 is 90.8 Å². The Kier molecular flexibility index (Phi) is 22.2. The summed E-state index contributed by atoms with van der Waals surface area (Å²) in [4.78, 5) is 14.6. The lowest BCUT2D eigenvalue weighted by Gasteiger charge is -2.24. The van der Waals surface area contributed by atoms with Crippen LogP contribution in [0.3, 0.4) is 0 Å². The Morgan fingerprint density at radius 2 is 0.889 bits per heavy atom. The topological polar surface area (TPSA) is 75.6 Å². The molecule has 0 N–H and O–H groups in total. The fourth-order valence-electron chi connectivity index (χ4n) is 4.55. The number of ether oxygens (including phenoxy) is 4. The van der Waals surface area contributed by atoms with Crippen LogP contribution in [0.5, 0.6) is 0 Å². The molecule has 15 heteroatoms. The van der Waals surface area contributed by atoms with Gasteiger partial charge < -0.3 is 28.6 Å². The minimum Gasteiger partial charge on any atom is -0.399 e. The number of hydrogen-bond donors (Lipinski definition) is 0. The first kappa shape index (κ1) is 46.2. The minimum atomic E-state index is -1.76. The first-order valence-electron chi connectivity index (χ1n) is 16.4. The molecule has 7 nitrogen and oxygen atoms in total. The lowest BCUT2D eigenvalue weighted by molar-refractivity contribution is -0.118. The molecule has 0 aliphatic rings. The first-order chi connectivity index (χ1) is 26.0. The van der Waals surface area contributed by atoms with Gasteiger partial charge in [-0.1, -0.05) is 132 Å². The summed E-state index contributed by atoms with van der Waals surface area (Å²) in [7, 11) is 1.35. The summed E-state index contributed by atoms with van der Waals surface area (Å²) in [6.45, 7) is 1.54. The number of rotatable bonds is 21. The van der Waals surface area contributed by atoms with E-state index in [0.29, 0.717) is 33.3 Å². The monoisotopic (exact) mass is 953 g/mol. The molecule has 0 saturated carbocycles. The van der Waals surface area contributed by atoms with Gasteiger partial charge in [0.2, 0.25) is 0 Å². The molecule has 0 bridgehead atoms. The van der Waals surface area contributed by atoms with Crippen LogP contribution < -0.4 is 0 Å². The van der Waals surface area contributed by atoms with Gasteiger partial charge in [-0.05, 0) is 70.8 Å². The van der Waals surface area contributed by atoms with Gasteiger partial charge >= 0.3 is 0 Å². The third kappa shape index (κ3) is 17.7. The van der Waals surface area contributed by atoms with Gasteiger partial charge in [0.1, 0.15) is 19.3 Å². The second-order valence-corrected chi connectivity index (χ2v) is 15.7. The fraction of sp³-hybridized carbons (Fsp3) is 0.333. The van der Waals surface area contributed by atoms with Gasteiger partial charge in [0, 0.05) is 20.1 Å². The minimum absolute atomic E-state index is 0.162. The molecule has 0 saturated heterocycles. The van der Waals surface area contributed by atoms with Crippen LogP contribution in [0.2, 0.25) is 20.1 Å². The van der Waals surface area contributed by atoms with Crippen molar-refractivity contribution in [2.24, 2.45) is 5.16 Å². The van der Waals surface area contributed by atoms with Crippen LogP contribution in [0.4, 0.5) is 8.78 Å². The van der Waals surface area contributed by atoms with E-state index in [2.05, 4.69) is 41.9 Å². The van der Waals surface area contributed by atoms with Crippen molar-refractivity contribution < 1.29 is 37.4 Å². The normalized spacial score (nSPS) is 14.7. The SMILES string of the molecule is CON=C[C@@H](F)[C@H](OCc1ccc(Cl)cc1)[C@@H](Br)COCc1ccc(Cl)cc1.O=C[C@@H](F)[C@H](OCc1ccc(Cl)cc1)[C@@H](Br)COCc1ccc(Cl)cc1. The number of carbonyl (C=O) groups excluding carboxylic acids is 1. The van der Waals surface area contributed by atoms with Crippen molar-refractivity contribution in [1.29, 1.82) is 0 Å². The molecular formula is C39H39Br2Cl4F2NO6. The highest BCUT2D eigenvalue weighted by Gasteiger charge is 2.30. The average Bonchev–Trinajstić information content (AvgIpc) is 3.17. The number of halogens is 8. The van der Waals surface area contributed by atoms with E-state index in [1.165, 1.54) is 7.11 Å². The predicted octanol–water partition coefficient (Wildman–Crippen LogP) is 11.2. The second-order valence-electron chi connectivity index (χ2n) is 11.6. The smallest absolute Gasteiger partial charge is 0.182 e. The van der Waals surface area contributed by atoms with E-state index >= 15 is 0 Å². The highest BCUT2D eigenvalue weighted by Crippen LogP contribution is 2.22. The number of benzene rings is 4. The molecule has 4 aromatic rings. The Balaban J connectivity index is 0.000000291. The van der Waals surface area contributed by atoms with Crippen LogP contribution in [0, 0.1) is 0 Å². The number of hydrogen-bond acceptors (Lipinski definition) is 7. The van der Waals surface area contributed by atoms with Crippen molar-refractivity contribution in [3.05, 3.63) is 139 Å². The Morgan fingerprint density at radius 1 is 0.574 bits per heavy atom. The quantitative estimate of drug-likeness (QED) is 0.0358. The van der Waals surface area contributed by atoms with E-state index < -0.39 is 34.2 Å². The maximum Gasteiger partial charge on any atom is 0.182 e. The molecule has 0 heterocycles. The van der Waals surface area contributed by atoms with Crippen LogP contribution in [-0.2, 0) is 55.0 Å². The molecule has 0 aromatic heterocycles. The van der Waals surface area contributed by atoms with E-state index in [9.17, 15) is 13.6 Å². The van der Waals surface area contributed by atoms with Crippen LogP contribution in [0.25, 0.3) is 0 Å². The Labute approximate surface area is 351 Å². The predicted molar refractivity (Wildman–Crippen MR) is 219 cm³/mol. The van der Waals surface area contributed by atoms with E-state index in [1.54, 1.807) is 60.7 Å². The van der Waals surface area contributed by atoms with Crippen LogP contribution in [0.1, 0.15) is 22.3 Å². The van der Waals surface area contributed by atoms with Crippen molar-refractivity contribution in [1.82, 2.24) is 0 Å². The molecule has 0 fully saturated rings. The van der Waals surface area contributed by atoms with Gasteiger partial charge in [0.05, 0.1) is 55.5 Å². The van der Waals surface area contributed by atoms with Crippen molar-refractivity contribution in [2.45, 2.75) is 60.6 Å². The van der Waals surface area contributed by atoms with Gasteiger partial charge in [0.25, 0.3) is 0 Å². The molecule has 6 atom stereocenters. The standard InChI is InChI=1S/C20H21BrCl2FNO3.C19H18BrCl2FO3/c1-26-25-10-19(24)20(28-12-15-4-8-17(23)9-5-15)18(21)13-27-11-14-2-6-16(22)7-3-14;20-17(12-25-10-13-1-5-15(21)6-2-13)19(18(23)9-24)26-11-14-3-7-16(22)8-4-14/h2-10,18-20H,11-13H2,1H3;1-9,17-19H,10-12H2/t18-,19+,20+;17-,18+,19+/m00/s1. The highest BCUT2D eigenvalue weighted by atomic mass is 79.9. The highest BCUT2D eigenvalue weighted by molar-refractivity contribution is 9.09. The van der Waals surface area contributed by atoms with Gasteiger partial charge in [-0.2, -0.15) is 0 Å². The summed E-state index contributed by atoms with van der Waals surface area (Å²) in [5.74, 6) is 0. The van der Waals surface area contributed by atoms with Crippen LogP contribution >= 0.6 is 78.3 Å². The average molecular weight is 957 g/mol. The largest absolute Gasteiger partial charge is 0.399 e.